The van der Waals surface area contributed by atoms with Crippen molar-refractivity contribution < 1.29 is 4.74 Å². The van der Waals surface area contributed by atoms with Crippen molar-refractivity contribution >= 4 is 38.9 Å². The maximum Gasteiger partial charge on any atom is 0.180 e. The number of nitrogens with zero attached hydrogens (tertiary/aromatic N) is 5. The van der Waals surface area contributed by atoms with E-state index in [0.29, 0.717) is 11.0 Å². The van der Waals surface area contributed by atoms with Crippen molar-refractivity contribution in [1.82, 2.24) is 15.0 Å². The lowest BCUT2D eigenvalue weighted by Crippen LogP contribution is -2.37. The van der Waals surface area contributed by atoms with Crippen LogP contribution in [0.2, 0.25) is 0 Å². The summed E-state index contributed by atoms with van der Waals surface area (Å²) in [6.45, 7) is 5.46. The number of ether oxygens (including phenoxy) is 1. The van der Waals surface area contributed by atoms with Crippen LogP contribution in [0.5, 0.6) is 0 Å². The van der Waals surface area contributed by atoms with Crippen LogP contribution in [-0.2, 0) is 11.2 Å². The van der Waals surface area contributed by atoms with Crippen molar-refractivity contribution in [3.63, 3.8) is 0 Å². The molecule has 3 aromatic rings. The highest BCUT2D eigenvalue weighted by atomic mass is 32.1. The molecule has 4 heterocycles. The van der Waals surface area contributed by atoms with Gasteiger partial charge in [0.05, 0.1) is 24.4 Å². The van der Waals surface area contributed by atoms with Gasteiger partial charge in [0.1, 0.15) is 12.1 Å². The molecule has 2 saturated heterocycles. The Morgan fingerprint density at radius 1 is 1.14 bits per heavy atom. The van der Waals surface area contributed by atoms with Gasteiger partial charge in [-0.25, -0.2) is 15.0 Å². The molecule has 0 bridgehead atoms. The zero-order valence-corrected chi connectivity index (χ0v) is 17.3. The Labute approximate surface area is 174 Å². The lowest BCUT2D eigenvalue weighted by atomic mass is 9.93. The molecule has 1 unspecified atom stereocenters. The van der Waals surface area contributed by atoms with Gasteiger partial charge in [-0.15, -0.1) is 11.3 Å². The van der Waals surface area contributed by atoms with Crippen LogP contribution in [0.25, 0.3) is 10.9 Å². The minimum absolute atomic E-state index is 0.572. The van der Waals surface area contributed by atoms with Crippen LogP contribution in [-0.4, -0.2) is 54.3 Å². The molecule has 0 saturated carbocycles. The van der Waals surface area contributed by atoms with Gasteiger partial charge in [-0.1, -0.05) is 0 Å². The number of aromatic nitrogens is 3. The largest absolute Gasteiger partial charge is 0.378 e. The van der Waals surface area contributed by atoms with Gasteiger partial charge in [0, 0.05) is 42.6 Å². The van der Waals surface area contributed by atoms with Crippen molar-refractivity contribution in [2.45, 2.75) is 19.3 Å². The van der Waals surface area contributed by atoms with E-state index in [-0.39, 0.29) is 0 Å². The van der Waals surface area contributed by atoms with E-state index in [9.17, 15) is 0 Å². The highest BCUT2D eigenvalue weighted by molar-refractivity contribution is 7.13. The summed E-state index contributed by atoms with van der Waals surface area (Å²) in [5.74, 6) is 1.62. The van der Waals surface area contributed by atoms with Gasteiger partial charge in [0.25, 0.3) is 0 Å². The van der Waals surface area contributed by atoms with Crippen LogP contribution in [0.4, 0.5) is 16.6 Å². The maximum absolute atomic E-state index is 5.80. The molecule has 8 heteroatoms. The number of hydrogen-bond acceptors (Lipinski definition) is 8. The van der Waals surface area contributed by atoms with Gasteiger partial charge >= 0.3 is 0 Å². The SMILES string of the molecule is Nc1nc(CC2CCCN(c3ncnc4cc(N5CCOCC5)ccc34)C2)cs1. The molecule has 5 rings (SSSR count). The zero-order valence-electron chi connectivity index (χ0n) is 16.5. The van der Waals surface area contributed by atoms with E-state index in [1.54, 1.807) is 6.33 Å². The van der Waals surface area contributed by atoms with Crippen molar-refractivity contribution in [3.05, 3.63) is 35.6 Å². The molecule has 2 N–H and O–H groups in total. The lowest BCUT2D eigenvalue weighted by Gasteiger charge is -2.34. The number of nitrogens with two attached hydrogens (primary N) is 1. The van der Waals surface area contributed by atoms with E-state index in [1.165, 1.54) is 29.9 Å². The minimum atomic E-state index is 0.572. The van der Waals surface area contributed by atoms with Crippen molar-refractivity contribution in [1.29, 1.82) is 0 Å². The molecule has 0 radical (unpaired) electrons. The van der Waals surface area contributed by atoms with Crippen LogP contribution < -0.4 is 15.5 Å². The summed E-state index contributed by atoms with van der Waals surface area (Å²) in [4.78, 5) is 18.5. The zero-order chi connectivity index (χ0) is 19.6. The average Bonchev–Trinajstić information content (AvgIpc) is 3.18. The van der Waals surface area contributed by atoms with Crippen LogP contribution in [0.1, 0.15) is 18.5 Å². The summed E-state index contributed by atoms with van der Waals surface area (Å²) < 4.78 is 5.48. The molecule has 7 nitrogen and oxygen atoms in total. The number of anilines is 3. The summed E-state index contributed by atoms with van der Waals surface area (Å²) in [6.07, 6.45) is 5.07. The second-order valence-electron chi connectivity index (χ2n) is 7.83. The number of morpholine rings is 1. The van der Waals surface area contributed by atoms with E-state index >= 15 is 0 Å². The molecule has 29 heavy (non-hydrogen) atoms. The first-order valence-corrected chi connectivity index (χ1v) is 11.2. The third-order valence-electron chi connectivity index (χ3n) is 5.86. The summed E-state index contributed by atoms with van der Waals surface area (Å²) >= 11 is 1.53. The molecular weight excluding hydrogens is 384 g/mol. The fraction of sp³-hybridized carbons (Fsp3) is 0.476. The molecule has 2 aromatic heterocycles. The average molecular weight is 411 g/mol. The Balaban J connectivity index is 1.37. The Bertz CT molecular complexity index is 986. The smallest absolute Gasteiger partial charge is 0.180 e. The summed E-state index contributed by atoms with van der Waals surface area (Å²) in [6, 6.07) is 6.56. The van der Waals surface area contributed by atoms with Crippen LogP contribution in [0, 0.1) is 5.92 Å². The lowest BCUT2D eigenvalue weighted by molar-refractivity contribution is 0.122. The number of rotatable bonds is 4. The van der Waals surface area contributed by atoms with Crippen molar-refractivity contribution in [2.24, 2.45) is 5.92 Å². The molecule has 2 fully saturated rings. The van der Waals surface area contributed by atoms with E-state index in [0.717, 1.165) is 68.2 Å². The second kappa shape index (κ2) is 8.12. The predicted molar refractivity (Wildman–Crippen MR) is 118 cm³/mol. The normalized spacial score (nSPS) is 20.3. The Kier molecular flexibility index (Phi) is 5.20. The molecule has 0 amide bonds. The highest BCUT2D eigenvalue weighted by Gasteiger charge is 2.24. The van der Waals surface area contributed by atoms with E-state index in [1.807, 2.05) is 0 Å². The number of nitrogen functional groups attached to an aromatic ring is 1. The number of benzene rings is 1. The minimum Gasteiger partial charge on any atom is -0.378 e. The van der Waals surface area contributed by atoms with Crippen molar-refractivity contribution in [2.75, 3.05) is 54.9 Å². The predicted octanol–water partition coefficient (Wildman–Crippen LogP) is 2.96. The monoisotopic (exact) mass is 410 g/mol. The number of thiazole rings is 1. The first kappa shape index (κ1) is 18.6. The maximum atomic E-state index is 5.80. The number of piperidine rings is 1. The Morgan fingerprint density at radius 2 is 2.03 bits per heavy atom. The van der Waals surface area contributed by atoms with Gasteiger partial charge < -0.3 is 20.3 Å². The molecule has 0 spiro atoms. The van der Waals surface area contributed by atoms with E-state index in [2.05, 4.69) is 48.3 Å². The standard InChI is InChI=1S/C21H26N6OS/c22-21-25-16(13-29-21)10-15-2-1-5-27(12-15)20-18-4-3-17(11-19(18)23-14-24-20)26-6-8-28-9-7-26/h3-4,11,13-15H,1-2,5-10,12H2,(H2,22,25). The molecule has 1 aromatic carbocycles. The summed E-state index contributed by atoms with van der Waals surface area (Å²) in [7, 11) is 0. The van der Waals surface area contributed by atoms with E-state index in [4.69, 9.17) is 10.5 Å². The summed E-state index contributed by atoms with van der Waals surface area (Å²) in [5.41, 5.74) is 9.13. The number of hydrogen-bond donors (Lipinski definition) is 1. The molecule has 2 aliphatic heterocycles. The fourth-order valence-electron chi connectivity index (χ4n) is 4.44. The third kappa shape index (κ3) is 4.00. The van der Waals surface area contributed by atoms with E-state index < -0.39 is 0 Å². The molecular formula is C21H26N6OS. The topological polar surface area (TPSA) is 80.4 Å². The van der Waals surface area contributed by atoms with Gasteiger partial charge in [0.2, 0.25) is 0 Å². The fourth-order valence-corrected chi connectivity index (χ4v) is 5.01. The molecule has 152 valence electrons. The Hall–Kier alpha value is -2.45. The molecule has 1 atom stereocenters. The van der Waals surface area contributed by atoms with Crippen molar-refractivity contribution in [3.8, 4) is 0 Å². The van der Waals surface area contributed by atoms with Gasteiger partial charge in [-0.3, -0.25) is 0 Å². The second-order valence-corrected chi connectivity index (χ2v) is 8.72. The van der Waals surface area contributed by atoms with Crippen LogP contribution in [0.3, 0.4) is 0 Å². The first-order valence-electron chi connectivity index (χ1n) is 10.3. The quantitative estimate of drug-likeness (QED) is 0.708. The Morgan fingerprint density at radius 3 is 2.86 bits per heavy atom. The molecule has 2 aliphatic rings. The van der Waals surface area contributed by atoms with Gasteiger partial charge in [-0.05, 0) is 43.4 Å². The number of fused-ring (bicyclic) bond motifs is 1. The van der Waals surface area contributed by atoms with Gasteiger partial charge in [0.15, 0.2) is 5.13 Å². The first-order chi connectivity index (χ1) is 14.3. The third-order valence-corrected chi connectivity index (χ3v) is 6.58. The molecule has 0 aliphatic carbocycles. The van der Waals surface area contributed by atoms with Crippen LogP contribution >= 0.6 is 11.3 Å². The van der Waals surface area contributed by atoms with Gasteiger partial charge in [-0.2, -0.15) is 0 Å². The van der Waals surface area contributed by atoms with Crippen LogP contribution in [0.15, 0.2) is 29.9 Å². The highest BCUT2D eigenvalue weighted by Crippen LogP contribution is 2.31. The summed E-state index contributed by atoms with van der Waals surface area (Å²) in [5, 5.41) is 3.87.